The van der Waals surface area contributed by atoms with Gasteiger partial charge in [0.1, 0.15) is 0 Å². The van der Waals surface area contributed by atoms with Crippen molar-refractivity contribution in [2.24, 2.45) is 5.92 Å². The summed E-state index contributed by atoms with van der Waals surface area (Å²) in [6.07, 6.45) is -0.0640. The molecule has 2 aliphatic heterocycles. The maximum absolute atomic E-state index is 11.9. The van der Waals surface area contributed by atoms with Gasteiger partial charge in [-0.15, -0.1) is 0 Å². The first-order chi connectivity index (χ1) is 7.18. The summed E-state index contributed by atoms with van der Waals surface area (Å²) in [6, 6.07) is 0. The molecule has 1 amide bonds. The topological polar surface area (TPSA) is 70.0 Å². The third-order valence-electron chi connectivity index (χ3n) is 3.14. The molecule has 2 saturated heterocycles. The van der Waals surface area contributed by atoms with Gasteiger partial charge in [-0.2, -0.15) is 0 Å². The van der Waals surface area contributed by atoms with Gasteiger partial charge in [-0.25, -0.2) is 0 Å². The van der Waals surface area contributed by atoms with Crippen molar-refractivity contribution in [2.75, 3.05) is 26.3 Å². The molecule has 0 unspecified atom stereocenters. The van der Waals surface area contributed by atoms with E-state index in [0.29, 0.717) is 13.2 Å². The van der Waals surface area contributed by atoms with Crippen LogP contribution in [0.25, 0.3) is 0 Å². The van der Waals surface area contributed by atoms with Gasteiger partial charge in [0.2, 0.25) is 5.91 Å². The number of aliphatic hydroxyl groups excluding tert-OH is 2. The van der Waals surface area contributed by atoms with Gasteiger partial charge >= 0.3 is 0 Å². The van der Waals surface area contributed by atoms with E-state index in [4.69, 9.17) is 4.74 Å². The molecule has 2 aliphatic rings. The van der Waals surface area contributed by atoms with Gasteiger partial charge in [0, 0.05) is 32.2 Å². The van der Waals surface area contributed by atoms with Crippen LogP contribution in [0.3, 0.4) is 0 Å². The van der Waals surface area contributed by atoms with E-state index in [1.165, 1.54) is 0 Å². The van der Waals surface area contributed by atoms with Crippen LogP contribution in [-0.2, 0) is 9.53 Å². The molecule has 0 aromatic heterocycles. The Morgan fingerprint density at radius 2 is 1.67 bits per heavy atom. The number of rotatable bonds is 1. The summed E-state index contributed by atoms with van der Waals surface area (Å²) >= 11 is 0. The molecule has 0 aromatic carbocycles. The number of hydrogen-bond acceptors (Lipinski definition) is 4. The van der Waals surface area contributed by atoms with Gasteiger partial charge in [0.15, 0.2) is 0 Å². The molecule has 2 N–H and O–H groups in total. The molecule has 0 saturated carbocycles. The van der Waals surface area contributed by atoms with Crippen molar-refractivity contribution in [3.8, 4) is 0 Å². The van der Waals surface area contributed by atoms with Crippen LogP contribution in [0.1, 0.15) is 12.8 Å². The van der Waals surface area contributed by atoms with Crippen LogP contribution in [0.15, 0.2) is 0 Å². The second-order valence-electron chi connectivity index (χ2n) is 4.26. The fraction of sp³-hybridized carbons (Fsp3) is 0.900. The summed E-state index contributed by atoms with van der Waals surface area (Å²) in [6.45, 7) is 1.79. The van der Waals surface area contributed by atoms with Crippen LogP contribution in [0.2, 0.25) is 0 Å². The van der Waals surface area contributed by atoms with Gasteiger partial charge in [0.05, 0.1) is 12.2 Å². The van der Waals surface area contributed by atoms with Gasteiger partial charge in [-0.1, -0.05) is 0 Å². The molecule has 0 spiro atoms. The van der Waals surface area contributed by atoms with Crippen molar-refractivity contribution >= 4 is 5.91 Å². The summed E-state index contributed by atoms with van der Waals surface area (Å²) in [5, 5.41) is 18.7. The first kappa shape index (κ1) is 10.9. The first-order valence-electron chi connectivity index (χ1n) is 5.41. The Balaban J connectivity index is 1.90. The lowest BCUT2D eigenvalue weighted by Crippen LogP contribution is -2.37. The second-order valence-corrected chi connectivity index (χ2v) is 4.26. The summed E-state index contributed by atoms with van der Waals surface area (Å²) in [5.74, 6) is 0.0603. The van der Waals surface area contributed by atoms with E-state index in [9.17, 15) is 15.0 Å². The van der Waals surface area contributed by atoms with Crippen molar-refractivity contribution in [3.63, 3.8) is 0 Å². The Hall–Kier alpha value is -0.650. The quantitative estimate of drug-likeness (QED) is 0.587. The minimum Gasteiger partial charge on any atom is -0.388 e. The zero-order valence-corrected chi connectivity index (χ0v) is 8.63. The summed E-state index contributed by atoms with van der Waals surface area (Å²) in [4.78, 5) is 13.5. The van der Waals surface area contributed by atoms with Crippen molar-refractivity contribution in [1.82, 2.24) is 4.90 Å². The number of nitrogens with zero attached hydrogens (tertiary/aromatic N) is 1. The van der Waals surface area contributed by atoms with Gasteiger partial charge < -0.3 is 19.8 Å². The van der Waals surface area contributed by atoms with E-state index in [1.807, 2.05) is 0 Å². The van der Waals surface area contributed by atoms with Crippen LogP contribution < -0.4 is 0 Å². The SMILES string of the molecule is O=C(C1CCOCC1)N1C[C@@H](O)[C@@H](O)C1. The zero-order chi connectivity index (χ0) is 10.8. The monoisotopic (exact) mass is 215 g/mol. The standard InChI is InChI=1S/C10H17NO4/c12-8-5-11(6-9(8)13)10(14)7-1-3-15-4-2-7/h7-9,12-13H,1-6H2/t8-,9+. The molecular weight excluding hydrogens is 198 g/mol. The fourth-order valence-corrected chi connectivity index (χ4v) is 2.15. The molecule has 2 rings (SSSR count). The van der Waals surface area contributed by atoms with Crippen molar-refractivity contribution in [2.45, 2.75) is 25.0 Å². The molecule has 0 aromatic rings. The number of hydrogen-bond donors (Lipinski definition) is 2. The average Bonchev–Trinajstić information content (AvgIpc) is 2.59. The number of aliphatic hydroxyl groups is 2. The molecule has 5 heteroatoms. The summed E-state index contributed by atoms with van der Waals surface area (Å²) in [7, 11) is 0. The van der Waals surface area contributed by atoms with E-state index < -0.39 is 12.2 Å². The Kier molecular flexibility index (Phi) is 3.23. The van der Waals surface area contributed by atoms with Gasteiger partial charge in [-0.3, -0.25) is 4.79 Å². The lowest BCUT2D eigenvalue weighted by atomic mass is 9.99. The van der Waals surface area contributed by atoms with Crippen molar-refractivity contribution in [1.29, 1.82) is 0 Å². The van der Waals surface area contributed by atoms with E-state index >= 15 is 0 Å². The molecule has 2 atom stereocenters. The number of carbonyl (C=O) groups excluding carboxylic acids is 1. The Bertz CT molecular complexity index is 230. The third-order valence-corrected chi connectivity index (χ3v) is 3.14. The van der Waals surface area contributed by atoms with Crippen LogP contribution in [-0.4, -0.2) is 59.5 Å². The Labute approximate surface area is 88.6 Å². The van der Waals surface area contributed by atoms with Crippen LogP contribution in [0, 0.1) is 5.92 Å². The Morgan fingerprint density at radius 3 is 2.20 bits per heavy atom. The van der Waals surface area contributed by atoms with E-state index in [2.05, 4.69) is 0 Å². The number of amides is 1. The smallest absolute Gasteiger partial charge is 0.226 e. The number of ether oxygens (including phenoxy) is 1. The molecule has 2 fully saturated rings. The maximum atomic E-state index is 11.9. The fourth-order valence-electron chi connectivity index (χ4n) is 2.15. The third kappa shape index (κ3) is 2.30. The van der Waals surface area contributed by atoms with Crippen molar-refractivity contribution in [3.05, 3.63) is 0 Å². The predicted octanol–water partition coefficient (Wildman–Crippen LogP) is -1.02. The molecule has 0 radical (unpaired) electrons. The van der Waals surface area contributed by atoms with Gasteiger partial charge in [0.25, 0.3) is 0 Å². The van der Waals surface area contributed by atoms with Crippen LogP contribution >= 0.6 is 0 Å². The largest absolute Gasteiger partial charge is 0.388 e. The van der Waals surface area contributed by atoms with Gasteiger partial charge in [-0.05, 0) is 12.8 Å². The first-order valence-corrected chi connectivity index (χ1v) is 5.41. The van der Waals surface area contributed by atoms with E-state index in [1.54, 1.807) is 4.90 Å². The lowest BCUT2D eigenvalue weighted by molar-refractivity contribution is -0.138. The molecule has 15 heavy (non-hydrogen) atoms. The Morgan fingerprint density at radius 1 is 1.13 bits per heavy atom. The highest BCUT2D eigenvalue weighted by atomic mass is 16.5. The van der Waals surface area contributed by atoms with Crippen molar-refractivity contribution < 1.29 is 19.7 Å². The average molecular weight is 215 g/mol. The molecule has 0 bridgehead atoms. The number of carbonyl (C=O) groups is 1. The molecule has 5 nitrogen and oxygen atoms in total. The second kappa shape index (κ2) is 4.47. The zero-order valence-electron chi connectivity index (χ0n) is 8.63. The molecule has 86 valence electrons. The number of β-amino-alcohol motifs (C(OH)–C–C–N with tert-alkyl or cyclic N) is 2. The van der Waals surface area contributed by atoms with E-state index in [0.717, 1.165) is 12.8 Å². The van der Waals surface area contributed by atoms with E-state index in [-0.39, 0.29) is 24.9 Å². The highest BCUT2D eigenvalue weighted by Crippen LogP contribution is 2.20. The maximum Gasteiger partial charge on any atom is 0.226 e. The highest BCUT2D eigenvalue weighted by Gasteiger charge is 2.35. The predicted molar refractivity (Wildman–Crippen MR) is 52.1 cm³/mol. The minimum atomic E-state index is -0.784. The minimum absolute atomic E-state index is 0.0104. The highest BCUT2D eigenvalue weighted by molar-refractivity contribution is 5.79. The van der Waals surface area contributed by atoms with Crippen LogP contribution in [0.4, 0.5) is 0 Å². The lowest BCUT2D eigenvalue weighted by Gasteiger charge is -2.26. The summed E-state index contributed by atoms with van der Waals surface area (Å²) < 4.78 is 5.19. The molecule has 0 aliphatic carbocycles. The van der Waals surface area contributed by atoms with Crippen LogP contribution in [0.5, 0.6) is 0 Å². The summed E-state index contributed by atoms with van der Waals surface area (Å²) in [5.41, 5.74) is 0. The number of likely N-dealkylation sites (tertiary alicyclic amines) is 1. The normalized spacial score (nSPS) is 33.3. The molecular formula is C10H17NO4. The molecule has 2 heterocycles.